The third-order valence-corrected chi connectivity index (χ3v) is 4.53. The van der Waals surface area contributed by atoms with Crippen LogP contribution in [0.25, 0.3) is 0 Å². The summed E-state index contributed by atoms with van der Waals surface area (Å²) in [5.41, 5.74) is 10.5. The molecule has 30 heavy (non-hydrogen) atoms. The molecular formula is C17H31N5O7S. The lowest BCUT2D eigenvalue weighted by atomic mass is 10.0. The van der Waals surface area contributed by atoms with E-state index in [-0.39, 0.29) is 18.6 Å². The van der Waals surface area contributed by atoms with Crippen molar-refractivity contribution in [3.63, 3.8) is 0 Å². The maximum Gasteiger partial charge on any atom is 0.326 e. The number of aliphatic hydroxyl groups excluding tert-OH is 1. The van der Waals surface area contributed by atoms with Gasteiger partial charge in [0.05, 0.1) is 12.1 Å². The number of thiol groups is 1. The molecule has 0 rings (SSSR count). The second-order valence-electron chi connectivity index (χ2n) is 7.15. The summed E-state index contributed by atoms with van der Waals surface area (Å²) in [6.45, 7) is 4.48. The Bertz CT molecular complexity index is 644. The highest BCUT2D eigenvalue weighted by atomic mass is 32.1. The third kappa shape index (κ3) is 9.41. The number of aliphatic hydroxyl groups is 1. The molecule has 5 atom stereocenters. The van der Waals surface area contributed by atoms with Crippen molar-refractivity contribution in [2.45, 2.75) is 63.9 Å². The van der Waals surface area contributed by atoms with E-state index < -0.39 is 65.8 Å². The van der Waals surface area contributed by atoms with Crippen molar-refractivity contribution >= 4 is 42.2 Å². The van der Waals surface area contributed by atoms with Gasteiger partial charge in [-0.3, -0.25) is 19.2 Å². The smallest absolute Gasteiger partial charge is 0.326 e. The normalized spacial score (nSPS) is 16.0. The van der Waals surface area contributed by atoms with Gasteiger partial charge in [-0.15, -0.1) is 0 Å². The maximum atomic E-state index is 12.6. The molecule has 0 heterocycles. The van der Waals surface area contributed by atoms with Gasteiger partial charge in [0.15, 0.2) is 0 Å². The van der Waals surface area contributed by atoms with Crippen molar-refractivity contribution in [2.75, 3.05) is 5.75 Å². The molecule has 5 unspecified atom stereocenters. The van der Waals surface area contributed by atoms with Gasteiger partial charge in [0.1, 0.15) is 18.1 Å². The van der Waals surface area contributed by atoms with Crippen LogP contribution in [-0.4, -0.2) is 75.8 Å². The van der Waals surface area contributed by atoms with Crippen LogP contribution in [0.3, 0.4) is 0 Å². The predicted octanol–water partition coefficient (Wildman–Crippen LogP) is -2.92. The lowest BCUT2D eigenvalue weighted by Crippen LogP contribution is -2.61. The van der Waals surface area contributed by atoms with Gasteiger partial charge in [0.2, 0.25) is 23.6 Å². The van der Waals surface area contributed by atoms with Crippen molar-refractivity contribution < 1.29 is 34.2 Å². The lowest BCUT2D eigenvalue weighted by Gasteiger charge is -2.28. The molecule has 0 bridgehead atoms. The number of nitrogens with two attached hydrogens (primary N) is 2. The molecule has 0 aliphatic rings. The second kappa shape index (κ2) is 13.0. The topological polar surface area (TPSA) is 214 Å². The Labute approximate surface area is 179 Å². The van der Waals surface area contributed by atoms with Gasteiger partial charge in [0.25, 0.3) is 0 Å². The number of rotatable bonds is 13. The van der Waals surface area contributed by atoms with E-state index in [1.165, 1.54) is 6.92 Å². The number of hydrogen-bond acceptors (Lipinski definition) is 8. The minimum absolute atomic E-state index is 0.0128. The van der Waals surface area contributed by atoms with Crippen LogP contribution in [0.1, 0.15) is 33.6 Å². The first kappa shape index (κ1) is 27.6. The Hall–Kier alpha value is -2.38. The van der Waals surface area contributed by atoms with Gasteiger partial charge in [-0.25, -0.2) is 4.79 Å². The van der Waals surface area contributed by atoms with E-state index in [2.05, 4.69) is 28.6 Å². The Morgan fingerprint density at radius 3 is 1.83 bits per heavy atom. The maximum absolute atomic E-state index is 12.6. The fourth-order valence-corrected chi connectivity index (χ4v) is 2.50. The first-order valence-electron chi connectivity index (χ1n) is 9.28. The van der Waals surface area contributed by atoms with Crippen molar-refractivity contribution in [3.05, 3.63) is 0 Å². The van der Waals surface area contributed by atoms with Gasteiger partial charge in [-0.05, 0) is 19.3 Å². The lowest BCUT2D eigenvalue weighted by molar-refractivity contribution is -0.143. The van der Waals surface area contributed by atoms with Crippen LogP contribution >= 0.6 is 12.6 Å². The molecular weight excluding hydrogens is 418 g/mol. The Morgan fingerprint density at radius 2 is 1.43 bits per heavy atom. The summed E-state index contributed by atoms with van der Waals surface area (Å²) in [6, 6.07) is -4.97. The number of carbonyl (C=O) groups excluding carboxylic acids is 4. The average molecular weight is 450 g/mol. The fourth-order valence-electron chi connectivity index (χ4n) is 2.33. The van der Waals surface area contributed by atoms with E-state index in [1.54, 1.807) is 13.8 Å². The molecule has 0 aliphatic heterocycles. The van der Waals surface area contributed by atoms with Gasteiger partial charge >= 0.3 is 5.97 Å². The highest BCUT2D eigenvalue weighted by molar-refractivity contribution is 7.80. The molecule has 0 radical (unpaired) electrons. The summed E-state index contributed by atoms with van der Waals surface area (Å²) in [6.07, 6.45) is -1.78. The number of amides is 4. The van der Waals surface area contributed by atoms with Crippen LogP contribution in [0.4, 0.5) is 0 Å². The van der Waals surface area contributed by atoms with Crippen molar-refractivity contribution in [3.8, 4) is 0 Å². The summed E-state index contributed by atoms with van der Waals surface area (Å²) >= 11 is 3.89. The standard InChI is InChI=1S/C17H31N5O7S/c1-7(2)12(15(26)20-10(17(28)29)4-5-11(19)24)21-16(27)13(8(3)23)22-14(25)9(18)6-30/h7-10,12-13,23,30H,4-6,18H2,1-3H3,(H2,19,24)(H,20,26)(H,21,27)(H,22,25)(H,28,29). The molecule has 0 saturated heterocycles. The van der Waals surface area contributed by atoms with Crippen molar-refractivity contribution in [1.82, 2.24) is 16.0 Å². The summed E-state index contributed by atoms with van der Waals surface area (Å²) in [7, 11) is 0. The van der Waals surface area contributed by atoms with Crippen LogP contribution in [0.15, 0.2) is 0 Å². The zero-order chi connectivity index (χ0) is 23.6. The monoisotopic (exact) mass is 449 g/mol. The van der Waals surface area contributed by atoms with Crippen molar-refractivity contribution in [2.24, 2.45) is 17.4 Å². The number of primary amides is 1. The van der Waals surface area contributed by atoms with E-state index in [1.807, 2.05) is 0 Å². The number of aliphatic carboxylic acids is 1. The van der Waals surface area contributed by atoms with Gasteiger partial charge < -0.3 is 37.6 Å². The van der Waals surface area contributed by atoms with Crippen LogP contribution in [0, 0.1) is 5.92 Å². The number of hydrogen-bond donors (Lipinski definition) is 8. The molecule has 0 spiro atoms. The van der Waals surface area contributed by atoms with Crippen LogP contribution in [0.5, 0.6) is 0 Å². The molecule has 4 amide bonds. The van der Waals surface area contributed by atoms with E-state index in [9.17, 15) is 34.2 Å². The molecule has 0 aromatic carbocycles. The minimum Gasteiger partial charge on any atom is -0.480 e. The van der Waals surface area contributed by atoms with E-state index in [0.29, 0.717) is 0 Å². The molecule has 0 aromatic rings. The van der Waals surface area contributed by atoms with E-state index in [0.717, 1.165) is 0 Å². The second-order valence-corrected chi connectivity index (χ2v) is 7.52. The first-order valence-corrected chi connectivity index (χ1v) is 9.91. The third-order valence-electron chi connectivity index (χ3n) is 4.14. The highest BCUT2D eigenvalue weighted by Crippen LogP contribution is 2.06. The molecule has 12 nitrogen and oxygen atoms in total. The molecule has 0 fully saturated rings. The van der Waals surface area contributed by atoms with Crippen LogP contribution in [-0.2, 0) is 24.0 Å². The number of carboxylic acid groups (broad SMARTS) is 1. The quantitative estimate of drug-likeness (QED) is 0.136. The van der Waals surface area contributed by atoms with Gasteiger partial charge in [-0.2, -0.15) is 12.6 Å². The highest BCUT2D eigenvalue weighted by Gasteiger charge is 2.33. The van der Waals surface area contributed by atoms with E-state index >= 15 is 0 Å². The number of carbonyl (C=O) groups is 5. The summed E-state index contributed by atoms with van der Waals surface area (Å²) in [5, 5.41) is 26.0. The number of carboxylic acids is 1. The van der Waals surface area contributed by atoms with Gasteiger partial charge in [0, 0.05) is 12.2 Å². The molecule has 0 aromatic heterocycles. The minimum atomic E-state index is -1.40. The number of nitrogens with one attached hydrogen (secondary N) is 3. The summed E-state index contributed by atoms with van der Waals surface area (Å²) < 4.78 is 0. The fraction of sp³-hybridized carbons (Fsp3) is 0.706. The van der Waals surface area contributed by atoms with Crippen LogP contribution < -0.4 is 27.4 Å². The molecule has 172 valence electrons. The van der Waals surface area contributed by atoms with Crippen LogP contribution in [0.2, 0.25) is 0 Å². The molecule has 0 saturated carbocycles. The zero-order valence-electron chi connectivity index (χ0n) is 17.1. The largest absolute Gasteiger partial charge is 0.480 e. The Balaban J connectivity index is 5.32. The zero-order valence-corrected chi connectivity index (χ0v) is 18.0. The SMILES string of the molecule is CC(C)C(NC(=O)C(NC(=O)C(N)CS)C(C)O)C(=O)NC(CCC(N)=O)C(=O)O. The molecule has 0 aliphatic carbocycles. The van der Waals surface area contributed by atoms with Crippen molar-refractivity contribution in [1.29, 1.82) is 0 Å². The average Bonchev–Trinajstić information content (AvgIpc) is 2.64. The molecule has 9 N–H and O–H groups in total. The Kier molecular flexibility index (Phi) is 12.0. The van der Waals surface area contributed by atoms with E-state index in [4.69, 9.17) is 11.5 Å². The summed E-state index contributed by atoms with van der Waals surface area (Å²) in [5.74, 6) is -4.93. The van der Waals surface area contributed by atoms with Gasteiger partial charge in [-0.1, -0.05) is 13.8 Å². The Morgan fingerprint density at radius 1 is 0.933 bits per heavy atom. The molecule has 13 heteroatoms. The first-order chi connectivity index (χ1) is 13.8. The predicted molar refractivity (Wildman–Crippen MR) is 110 cm³/mol. The summed E-state index contributed by atoms with van der Waals surface area (Å²) in [4.78, 5) is 59.3.